The number of benzene rings is 1. The molecule has 34 heavy (non-hydrogen) atoms. The van der Waals surface area contributed by atoms with Gasteiger partial charge in [-0.1, -0.05) is 35.3 Å². The summed E-state index contributed by atoms with van der Waals surface area (Å²) in [5.41, 5.74) is 2.37. The number of pyridine rings is 1. The van der Waals surface area contributed by atoms with Crippen molar-refractivity contribution in [2.75, 3.05) is 38.1 Å². The van der Waals surface area contributed by atoms with E-state index in [1.165, 1.54) is 17.7 Å². The van der Waals surface area contributed by atoms with E-state index in [0.29, 0.717) is 13.2 Å². The minimum atomic E-state index is -1.10. The SMILES string of the molecule is O=C(NC(CCN1CC(OCCc2ccc3c(n2)NCCC3)C1)C(=O)O)c1c(Cl)cccc1Cl. The monoisotopic (exact) mass is 506 g/mol. The van der Waals surface area contributed by atoms with E-state index in [2.05, 4.69) is 32.7 Å². The maximum absolute atomic E-state index is 12.5. The maximum Gasteiger partial charge on any atom is 0.326 e. The standard InChI is InChI=1S/C24H28Cl2N4O4/c25-18-4-1-5-19(26)21(18)23(31)29-20(24(32)33)8-11-30-13-17(14-30)34-12-9-16-7-6-15-3-2-10-27-22(15)28-16/h1,4-7,17,20H,2-3,8-14H2,(H,27,28)(H,29,31)(H,32,33). The third-order valence-electron chi connectivity index (χ3n) is 6.11. The zero-order chi connectivity index (χ0) is 24.1. The molecule has 2 aliphatic heterocycles. The first-order valence-electron chi connectivity index (χ1n) is 11.4. The molecule has 4 rings (SSSR count). The van der Waals surface area contributed by atoms with Crippen molar-refractivity contribution in [3.8, 4) is 0 Å². The molecule has 1 saturated heterocycles. The molecule has 1 atom stereocenters. The fraction of sp³-hybridized carbons (Fsp3) is 0.458. The van der Waals surface area contributed by atoms with Gasteiger partial charge in [0.2, 0.25) is 0 Å². The molecule has 3 heterocycles. The molecule has 1 fully saturated rings. The van der Waals surface area contributed by atoms with E-state index < -0.39 is 17.9 Å². The first-order valence-corrected chi connectivity index (χ1v) is 12.2. The summed E-state index contributed by atoms with van der Waals surface area (Å²) in [7, 11) is 0. The molecule has 0 saturated carbocycles. The average Bonchev–Trinajstić information content (AvgIpc) is 2.78. The topological polar surface area (TPSA) is 104 Å². The largest absolute Gasteiger partial charge is 0.480 e. The van der Waals surface area contributed by atoms with E-state index in [-0.39, 0.29) is 28.1 Å². The Hall–Kier alpha value is -2.39. The smallest absolute Gasteiger partial charge is 0.326 e. The number of carboxylic acids is 1. The van der Waals surface area contributed by atoms with Crippen LogP contribution in [0.4, 0.5) is 5.82 Å². The highest BCUT2D eigenvalue weighted by atomic mass is 35.5. The van der Waals surface area contributed by atoms with Crippen LogP contribution in [0.15, 0.2) is 30.3 Å². The van der Waals surface area contributed by atoms with Crippen molar-refractivity contribution in [2.24, 2.45) is 0 Å². The van der Waals surface area contributed by atoms with Crippen molar-refractivity contribution >= 4 is 40.9 Å². The summed E-state index contributed by atoms with van der Waals surface area (Å²) >= 11 is 12.1. The maximum atomic E-state index is 12.5. The number of anilines is 1. The summed E-state index contributed by atoms with van der Waals surface area (Å²) in [6.07, 6.45) is 3.36. The molecule has 0 bridgehead atoms. The number of ether oxygens (including phenoxy) is 1. The van der Waals surface area contributed by atoms with Crippen LogP contribution in [0.25, 0.3) is 0 Å². The van der Waals surface area contributed by atoms with Gasteiger partial charge in [0, 0.05) is 38.3 Å². The van der Waals surface area contributed by atoms with Gasteiger partial charge in [-0.3, -0.25) is 9.69 Å². The van der Waals surface area contributed by atoms with Crippen LogP contribution in [0.3, 0.4) is 0 Å². The van der Waals surface area contributed by atoms with Gasteiger partial charge in [-0.25, -0.2) is 9.78 Å². The number of likely N-dealkylation sites (tertiary alicyclic amines) is 1. The molecule has 2 aromatic rings. The molecule has 182 valence electrons. The predicted octanol–water partition coefficient (Wildman–Crippen LogP) is 3.26. The van der Waals surface area contributed by atoms with Crippen LogP contribution in [-0.2, 0) is 22.4 Å². The van der Waals surface area contributed by atoms with Crippen molar-refractivity contribution in [1.29, 1.82) is 0 Å². The molecule has 2 aliphatic rings. The molecule has 10 heteroatoms. The summed E-state index contributed by atoms with van der Waals surface area (Å²) in [6, 6.07) is 7.88. The number of carboxylic acid groups (broad SMARTS) is 1. The fourth-order valence-corrected chi connectivity index (χ4v) is 4.73. The van der Waals surface area contributed by atoms with Crippen LogP contribution < -0.4 is 10.6 Å². The molecule has 0 radical (unpaired) electrons. The highest BCUT2D eigenvalue weighted by Crippen LogP contribution is 2.24. The second kappa shape index (κ2) is 11.4. The molecule has 1 unspecified atom stereocenters. The van der Waals surface area contributed by atoms with E-state index in [1.54, 1.807) is 6.07 Å². The quantitative estimate of drug-likeness (QED) is 0.454. The van der Waals surface area contributed by atoms with Crippen LogP contribution in [0.5, 0.6) is 0 Å². The van der Waals surface area contributed by atoms with E-state index >= 15 is 0 Å². The number of nitrogens with zero attached hydrogens (tertiary/aromatic N) is 2. The number of hydrogen-bond donors (Lipinski definition) is 3. The van der Waals surface area contributed by atoms with Gasteiger partial charge in [0.25, 0.3) is 5.91 Å². The Kier molecular flexibility index (Phi) is 8.26. The van der Waals surface area contributed by atoms with Gasteiger partial charge in [-0.05, 0) is 43.0 Å². The number of aliphatic carboxylic acids is 1. The number of nitrogens with one attached hydrogen (secondary N) is 2. The summed E-state index contributed by atoms with van der Waals surface area (Å²) in [5.74, 6) is -0.703. The lowest BCUT2D eigenvalue weighted by atomic mass is 10.1. The van der Waals surface area contributed by atoms with E-state index in [0.717, 1.165) is 50.4 Å². The lowest BCUT2D eigenvalue weighted by Crippen LogP contribution is -2.54. The second-order valence-electron chi connectivity index (χ2n) is 8.59. The van der Waals surface area contributed by atoms with E-state index in [1.807, 2.05) is 0 Å². The Labute approximate surface area is 208 Å². The summed E-state index contributed by atoms with van der Waals surface area (Å²) < 4.78 is 5.94. The van der Waals surface area contributed by atoms with Crippen molar-refractivity contribution < 1.29 is 19.4 Å². The number of fused-ring (bicyclic) bond motifs is 1. The molecule has 0 spiro atoms. The van der Waals surface area contributed by atoms with Gasteiger partial charge in [0.15, 0.2) is 0 Å². The van der Waals surface area contributed by atoms with E-state index in [4.69, 9.17) is 27.9 Å². The number of hydrogen-bond acceptors (Lipinski definition) is 6. The Morgan fingerprint density at radius 1 is 1.24 bits per heavy atom. The number of aryl methyl sites for hydroxylation is 1. The number of halogens is 2. The van der Waals surface area contributed by atoms with Crippen molar-refractivity contribution in [2.45, 2.75) is 37.8 Å². The number of aromatic nitrogens is 1. The van der Waals surface area contributed by atoms with Crippen LogP contribution in [0.1, 0.15) is 34.5 Å². The Morgan fingerprint density at radius 2 is 2.00 bits per heavy atom. The zero-order valence-corrected chi connectivity index (χ0v) is 20.2. The summed E-state index contributed by atoms with van der Waals surface area (Å²) in [5, 5.41) is 15.8. The van der Waals surface area contributed by atoms with Gasteiger partial charge in [0.1, 0.15) is 11.9 Å². The highest BCUT2D eigenvalue weighted by Gasteiger charge is 2.30. The lowest BCUT2D eigenvalue weighted by Gasteiger charge is -2.39. The normalized spacial score (nSPS) is 16.8. The number of amides is 1. The van der Waals surface area contributed by atoms with Gasteiger partial charge >= 0.3 is 5.97 Å². The molecule has 1 aromatic carbocycles. The van der Waals surface area contributed by atoms with Gasteiger partial charge in [0.05, 0.1) is 28.3 Å². The lowest BCUT2D eigenvalue weighted by molar-refractivity contribution is -0.139. The Balaban J connectivity index is 1.17. The minimum Gasteiger partial charge on any atom is -0.480 e. The third kappa shape index (κ3) is 6.18. The van der Waals surface area contributed by atoms with Crippen molar-refractivity contribution in [1.82, 2.24) is 15.2 Å². The second-order valence-corrected chi connectivity index (χ2v) is 9.41. The van der Waals surface area contributed by atoms with E-state index in [9.17, 15) is 14.7 Å². The van der Waals surface area contributed by atoms with Crippen molar-refractivity contribution in [3.05, 3.63) is 57.2 Å². The molecule has 1 aromatic heterocycles. The van der Waals surface area contributed by atoms with Crippen molar-refractivity contribution in [3.63, 3.8) is 0 Å². The Bertz CT molecular complexity index is 1030. The molecule has 3 N–H and O–H groups in total. The minimum absolute atomic E-state index is 0.0821. The number of rotatable bonds is 10. The first kappa shape index (κ1) is 24.7. The number of carbonyl (C=O) groups excluding carboxylic acids is 1. The molecule has 0 aliphatic carbocycles. The molecule has 1 amide bonds. The van der Waals surface area contributed by atoms with Crippen LogP contribution in [0.2, 0.25) is 10.0 Å². The third-order valence-corrected chi connectivity index (χ3v) is 6.74. The van der Waals surface area contributed by atoms with Gasteiger partial charge < -0.3 is 20.5 Å². The summed E-state index contributed by atoms with van der Waals surface area (Å²) in [4.78, 5) is 31.0. The van der Waals surface area contributed by atoms with Gasteiger partial charge in [-0.15, -0.1) is 0 Å². The van der Waals surface area contributed by atoms with Gasteiger partial charge in [-0.2, -0.15) is 0 Å². The first-order chi connectivity index (χ1) is 16.4. The highest BCUT2D eigenvalue weighted by molar-refractivity contribution is 6.39. The zero-order valence-electron chi connectivity index (χ0n) is 18.7. The molecular weight excluding hydrogens is 479 g/mol. The fourth-order valence-electron chi connectivity index (χ4n) is 4.16. The Morgan fingerprint density at radius 3 is 2.74 bits per heavy atom. The van der Waals surface area contributed by atoms with Crippen LogP contribution in [0, 0.1) is 0 Å². The average molecular weight is 507 g/mol. The molecule has 8 nitrogen and oxygen atoms in total. The predicted molar refractivity (Wildman–Crippen MR) is 131 cm³/mol. The van der Waals surface area contributed by atoms with Crippen LogP contribution >= 0.6 is 23.2 Å². The van der Waals surface area contributed by atoms with Crippen LogP contribution in [-0.4, -0.2) is 71.8 Å². The molecular formula is C24H28Cl2N4O4. The number of carbonyl (C=O) groups is 2. The summed E-state index contributed by atoms with van der Waals surface area (Å²) in [6.45, 7) is 3.56.